The maximum absolute atomic E-state index is 8.60. The van der Waals surface area contributed by atoms with Crippen LogP contribution in [0.1, 0.15) is 37.7 Å². The number of hydrogen-bond donors (Lipinski definition) is 1. The highest BCUT2D eigenvalue weighted by Gasteiger charge is 1.92. The summed E-state index contributed by atoms with van der Waals surface area (Å²) in [4.78, 5) is 0. The zero-order chi connectivity index (χ0) is 14.3. The first kappa shape index (κ1) is 16.5. The number of hydrogen-bond acceptors (Lipinski definition) is 1. The van der Waals surface area contributed by atoms with Crippen molar-refractivity contribution in [2.24, 2.45) is 0 Å². The summed E-state index contributed by atoms with van der Waals surface area (Å²) >= 11 is 0. The molecule has 0 spiro atoms. The van der Waals surface area contributed by atoms with Crippen molar-refractivity contribution < 1.29 is 5.11 Å². The third kappa shape index (κ3) is 9.35. The first-order valence-electron chi connectivity index (χ1n) is 7.58. The smallest absolute Gasteiger partial charge is 0.0431 e. The van der Waals surface area contributed by atoms with Crippen LogP contribution in [0.5, 0.6) is 0 Å². The molecule has 20 heavy (non-hydrogen) atoms. The van der Waals surface area contributed by atoms with Gasteiger partial charge < -0.3 is 5.11 Å². The summed E-state index contributed by atoms with van der Waals surface area (Å²) in [6, 6.07) is 22.6. The molecule has 0 aliphatic rings. The van der Waals surface area contributed by atoms with E-state index in [2.05, 4.69) is 30.3 Å². The molecule has 0 radical (unpaired) electrons. The number of benzene rings is 2. The number of rotatable bonds is 7. The van der Waals surface area contributed by atoms with Crippen LogP contribution in [-0.4, -0.2) is 11.7 Å². The summed E-state index contributed by atoms with van der Waals surface area (Å²) in [5.41, 5.74) is 1.44. The normalized spacial score (nSPS) is 9.65. The van der Waals surface area contributed by atoms with Gasteiger partial charge in [-0.15, -0.1) is 0 Å². The minimum atomic E-state index is 0.346. The van der Waals surface area contributed by atoms with Crippen LogP contribution in [0.2, 0.25) is 0 Å². The van der Waals surface area contributed by atoms with Crippen molar-refractivity contribution in [1.29, 1.82) is 0 Å². The van der Waals surface area contributed by atoms with Gasteiger partial charge in [0.15, 0.2) is 0 Å². The van der Waals surface area contributed by atoms with Crippen LogP contribution in [0.3, 0.4) is 0 Å². The molecule has 0 aliphatic carbocycles. The third-order valence-electron chi connectivity index (χ3n) is 3.13. The fraction of sp³-hybridized carbons (Fsp3) is 0.368. The van der Waals surface area contributed by atoms with Crippen LogP contribution in [0.25, 0.3) is 0 Å². The molecule has 0 unspecified atom stereocenters. The molecule has 0 bridgehead atoms. The lowest BCUT2D eigenvalue weighted by Crippen LogP contribution is -1.87. The van der Waals surface area contributed by atoms with E-state index in [0.717, 1.165) is 6.42 Å². The van der Waals surface area contributed by atoms with Crippen LogP contribution in [0.4, 0.5) is 0 Å². The van der Waals surface area contributed by atoms with Gasteiger partial charge in [0, 0.05) is 6.61 Å². The standard InChI is InChI=1S/C13H20O.C6H6/c14-12-8-3-1-2-5-9-13-10-6-4-7-11-13;1-2-4-6-5-3-1/h4,6-7,10-11,14H,1-3,5,8-9,12H2;1-6H. The van der Waals surface area contributed by atoms with E-state index < -0.39 is 0 Å². The fourth-order valence-corrected chi connectivity index (χ4v) is 2.00. The number of aliphatic hydroxyl groups excluding tert-OH is 1. The Morgan fingerprint density at radius 3 is 1.55 bits per heavy atom. The summed E-state index contributed by atoms with van der Waals surface area (Å²) in [6.45, 7) is 0.346. The van der Waals surface area contributed by atoms with Crippen molar-refractivity contribution >= 4 is 0 Å². The van der Waals surface area contributed by atoms with E-state index in [4.69, 9.17) is 5.11 Å². The molecule has 0 amide bonds. The predicted molar refractivity (Wildman–Crippen MR) is 86.8 cm³/mol. The Balaban J connectivity index is 0.000000276. The van der Waals surface area contributed by atoms with E-state index in [9.17, 15) is 0 Å². The van der Waals surface area contributed by atoms with Crippen molar-refractivity contribution in [1.82, 2.24) is 0 Å². The van der Waals surface area contributed by atoms with E-state index in [1.165, 1.54) is 37.7 Å². The summed E-state index contributed by atoms with van der Waals surface area (Å²) in [6.07, 6.45) is 7.15. The highest BCUT2D eigenvalue weighted by atomic mass is 16.2. The molecule has 2 aromatic carbocycles. The Labute approximate surface area is 123 Å². The topological polar surface area (TPSA) is 20.2 Å². The molecular weight excluding hydrogens is 244 g/mol. The average Bonchev–Trinajstić information content (AvgIpc) is 2.54. The first-order chi connectivity index (χ1) is 9.93. The van der Waals surface area contributed by atoms with E-state index in [1.54, 1.807) is 0 Å². The van der Waals surface area contributed by atoms with E-state index >= 15 is 0 Å². The van der Waals surface area contributed by atoms with Gasteiger partial charge in [0.25, 0.3) is 0 Å². The van der Waals surface area contributed by atoms with Crippen LogP contribution in [0.15, 0.2) is 66.7 Å². The predicted octanol–water partition coefficient (Wildman–Crippen LogP) is 4.86. The number of unbranched alkanes of at least 4 members (excludes halogenated alkanes) is 4. The van der Waals surface area contributed by atoms with Crippen LogP contribution < -0.4 is 0 Å². The second-order valence-corrected chi connectivity index (χ2v) is 4.88. The highest BCUT2D eigenvalue weighted by Crippen LogP contribution is 2.08. The summed E-state index contributed by atoms with van der Waals surface area (Å²) in [5, 5.41) is 8.60. The molecule has 0 aliphatic heterocycles. The molecular formula is C19H26O. The monoisotopic (exact) mass is 270 g/mol. The van der Waals surface area contributed by atoms with Crippen LogP contribution >= 0.6 is 0 Å². The molecule has 1 nitrogen and oxygen atoms in total. The Bertz CT molecular complexity index is 370. The van der Waals surface area contributed by atoms with Gasteiger partial charge in [0.2, 0.25) is 0 Å². The lowest BCUT2D eigenvalue weighted by atomic mass is 10.1. The Kier molecular flexibility index (Phi) is 10.2. The van der Waals surface area contributed by atoms with Gasteiger partial charge in [-0.2, -0.15) is 0 Å². The lowest BCUT2D eigenvalue weighted by molar-refractivity contribution is 0.282. The third-order valence-corrected chi connectivity index (χ3v) is 3.13. The van der Waals surface area contributed by atoms with Gasteiger partial charge in [-0.1, -0.05) is 86.0 Å². The van der Waals surface area contributed by atoms with Gasteiger partial charge in [0.1, 0.15) is 0 Å². The molecule has 2 rings (SSSR count). The Morgan fingerprint density at radius 2 is 1.00 bits per heavy atom. The molecule has 1 heteroatoms. The summed E-state index contributed by atoms with van der Waals surface area (Å²) in [7, 11) is 0. The maximum Gasteiger partial charge on any atom is 0.0431 e. The van der Waals surface area contributed by atoms with Gasteiger partial charge in [-0.3, -0.25) is 0 Å². The van der Waals surface area contributed by atoms with Crippen molar-refractivity contribution in [2.45, 2.75) is 38.5 Å². The highest BCUT2D eigenvalue weighted by molar-refractivity contribution is 5.14. The molecule has 1 N–H and O–H groups in total. The number of aliphatic hydroxyl groups is 1. The second-order valence-electron chi connectivity index (χ2n) is 4.88. The maximum atomic E-state index is 8.60. The van der Waals surface area contributed by atoms with Crippen molar-refractivity contribution in [3.63, 3.8) is 0 Å². The molecule has 0 aromatic heterocycles. The van der Waals surface area contributed by atoms with Crippen molar-refractivity contribution in [3.8, 4) is 0 Å². The number of aryl methyl sites for hydroxylation is 1. The minimum absolute atomic E-state index is 0.346. The Morgan fingerprint density at radius 1 is 0.550 bits per heavy atom. The van der Waals surface area contributed by atoms with Crippen LogP contribution in [-0.2, 0) is 6.42 Å². The largest absolute Gasteiger partial charge is 0.396 e. The van der Waals surface area contributed by atoms with Crippen molar-refractivity contribution in [2.75, 3.05) is 6.61 Å². The fourth-order valence-electron chi connectivity index (χ4n) is 2.00. The molecule has 2 aromatic rings. The SMILES string of the molecule is OCCCCCCCc1ccccc1.c1ccccc1. The zero-order valence-electron chi connectivity index (χ0n) is 12.2. The molecule has 108 valence electrons. The van der Waals surface area contributed by atoms with E-state index in [1.807, 2.05) is 36.4 Å². The van der Waals surface area contributed by atoms with E-state index in [-0.39, 0.29) is 0 Å². The molecule has 0 saturated heterocycles. The average molecular weight is 270 g/mol. The summed E-state index contributed by atoms with van der Waals surface area (Å²) < 4.78 is 0. The zero-order valence-corrected chi connectivity index (χ0v) is 12.2. The van der Waals surface area contributed by atoms with Gasteiger partial charge >= 0.3 is 0 Å². The lowest BCUT2D eigenvalue weighted by Gasteiger charge is -2.01. The van der Waals surface area contributed by atoms with Crippen molar-refractivity contribution in [3.05, 3.63) is 72.3 Å². The van der Waals surface area contributed by atoms with Gasteiger partial charge in [0.05, 0.1) is 0 Å². The molecule has 0 fully saturated rings. The second kappa shape index (κ2) is 12.4. The summed E-state index contributed by atoms with van der Waals surface area (Å²) in [5.74, 6) is 0. The van der Waals surface area contributed by atoms with Crippen LogP contribution in [0, 0.1) is 0 Å². The van der Waals surface area contributed by atoms with Gasteiger partial charge in [-0.25, -0.2) is 0 Å². The molecule has 0 atom stereocenters. The molecule has 0 saturated carbocycles. The minimum Gasteiger partial charge on any atom is -0.396 e. The van der Waals surface area contributed by atoms with Gasteiger partial charge in [-0.05, 0) is 24.8 Å². The quantitative estimate of drug-likeness (QED) is 0.712. The molecule has 0 heterocycles. The van der Waals surface area contributed by atoms with E-state index in [0.29, 0.717) is 6.61 Å². The first-order valence-corrected chi connectivity index (χ1v) is 7.58. The Hall–Kier alpha value is -1.60.